The maximum atomic E-state index is 12.3. The highest BCUT2D eigenvalue weighted by molar-refractivity contribution is 7.71. The number of nitrogens with zero attached hydrogens (tertiary/aromatic N) is 2. The van der Waals surface area contributed by atoms with Crippen molar-refractivity contribution in [1.82, 2.24) is 14.5 Å². The molecular weight excluding hydrogens is 408 g/mol. The Kier molecular flexibility index (Phi) is 6.80. The lowest BCUT2D eigenvalue weighted by molar-refractivity contribution is -0.142. The lowest BCUT2D eigenvalue weighted by Gasteiger charge is -2.12. The number of hydrogen-bond acceptors (Lipinski definition) is 7. The van der Waals surface area contributed by atoms with Gasteiger partial charge in [-0.1, -0.05) is 18.2 Å². The molecule has 0 aliphatic heterocycles. The zero-order chi connectivity index (χ0) is 21.7. The van der Waals surface area contributed by atoms with E-state index in [2.05, 4.69) is 15.0 Å². The van der Waals surface area contributed by atoms with E-state index in [4.69, 9.17) is 21.7 Å². The second kappa shape index (κ2) is 9.51. The SMILES string of the molecule is COCCn1c(O)c(C=NC(Cc2c[nH]c3ccccc23)C(=O)OC)c(=O)[nH]c1=S. The third-order valence-electron chi connectivity index (χ3n) is 4.67. The first kappa shape index (κ1) is 21.5. The molecule has 0 aliphatic rings. The quantitative estimate of drug-likeness (QED) is 0.285. The van der Waals surface area contributed by atoms with Crippen LogP contribution in [-0.4, -0.2) is 58.7 Å². The summed E-state index contributed by atoms with van der Waals surface area (Å²) in [6, 6.07) is 6.79. The lowest BCUT2D eigenvalue weighted by Crippen LogP contribution is -2.24. The molecule has 3 N–H and O–H groups in total. The summed E-state index contributed by atoms with van der Waals surface area (Å²) >= 11 is 5.09. The number of aromatic nitrogens is 3. The van der Waals surface area contributed by atoms with E-state index < -0.39 is 17.6 Å². The molecule has 2 aromatic heterocycles. The molecule has 0 fully saturated rings. The summed E-state index contributed by atoms with van der Waals surface area (Å²) < 4.78 is 11.3. The number of nitrogens with one attached hydrogen (secondary N) is 2. The molecular formula is C20H22N4O5S. The number of carbonyl (C=O) groups excluding carboxylic acids is 1. The summed E-state index contributed by atoms with van der Waals surface area (Å²) in [6.07, 6.45) is 3.24. The van der Waals surface area contributed by atoms with Crippen LogP contribution in [0, 0.1) is 4.77 Å². The number of methoxy groups -OCH3 is 2. The van der Waals surface area contributed by atoms with Crippen LogP contribution in [0.5, 0.6) is 5.88 Å². The molecule has 158 valence electrons. The first-order chi connectivity index (χ1) is 14.5. The molecule has 0 aliphatic carbocycles. The van der Waals surface area contributed by atoms with Gasteiger partial charge in [-0.05, 0) is 23.8 Å². The van der Waals surface area contributed by atoms with Crippen LogP contribution < -0.4 is 5.56 Å². The Hall–Kier alpha value is -3.24. The van der Waals surface area contributed by atoms with E-state index >= 15 is 0 Å². The summed E-state index contributed by atoms with van der Waals surface area (Å²) in [5, 5.41) is 11.5. The van der Waals surface area contributed by atoms with Gasteiger partial charge >= 0.3 is 5.97 Å². The van der Waals surface area contributed by atoms with Crippen molar-refractivity contribution in [1.29, 1.82) is 0 Å². The molecule has 3 aromatic rings. The van der Waals surface area contributed by atoms with E-state index in [1.165, 1.54) is 25.0 Å². The van der Waals surface area contributed by atoms with Crippen molar-refractivity contribution in [3.05, 3.63) is 56.7 Å². The van der Waals surface area contributed by atoms with E-state index in [-0.39, 0.29) is 35.8 Å². The van der Waals surface area contributed by atoms with Crippen LogP contribution >= 0.6 is 12.2 Å². The number of rotatable bonds is 8. The van der Waals surface area contributed by atoms with Gasteiger partial charge < -0.3 is 19.6 Å². The molecule has 1 aromatic carbocycles. The minimum Gasteiger partial charge on any atom is -0.494 e. The maximum Gasteiger partial charge on any atom is 0.330 e. The van der Waals surface area contributed by atoms with Crippen molar-refractivity contribution in [2.45, 2.75) is 19.0 Å². The molecule has 30 heavy (non-hydrogen) atoms. The third kappa shape index (κ3) is 4.50. The number of fused-ring (bicyclic) bond motifs is 1. The predicted octanol–water partition coefficient (Wildman–Crippen LogP) is 1.94. The van der Waals surface area contributed by atoms with Gasteiger partial charge in [0, 0.05) is 36.8 Å². The fourth-order valence-corrected chi connectivity index (χ4v) is 3.36. The minimum absolute atomic E-state index is 0.0648. The Bertz CT molecular complexity index is 1190. The van der Waals surface area contributed by atoms with Crippen molar-refractivity contribution in [2.24, 2.45) is 4.99 Å². The second-order valence-electron chi connectivity index (χ2n) is 6.52. The zero-order valence-corrected chi connectivity index (χ0v) is 17.4. The highest BCUT2D eigenvalue weighted by Crippen LogP contribution is 2.20. The summed E-state index contributed by atoms with van der Waals surface area (Å²) in [7, 11) is 2.79. The van der Waals surface area contributed by atoms with Gasteiger partial charge in [0.1, 0.15) is 5.56 Å². The lowest BCUT2D eigenvalue weighted by atomic mass is 10.1. The average Bonchev–Trinajstić information content (AvgIpc) is 3.14. The molecule has 0 saturated carbocycles. The number of esters is 1. The van der Waals surface area contributed by atoms with Gasteiger partial charge in [-0.3, -0.25) is 19.3 Å². The molecule has 0 amide bonds. The van der Waals surface area contributed by atoms with Crippen molar-refractivity contribution in [3.63, 3.8) is 0 Å². The molecule has 0 bridgehead atoms. The zero-order valence-electron chi connectivity index (χ0n) is 16.5. The Labute approximate surface area is 177 Å². The fraction of sp³-hybridized carbons (Fsp3) is 0.300. The fourth-order valence-electron chi connectivity index (χ4n) is 3.09. The predicted molar refractivity (Wildman–Crippen MR) is 115 cm³/mol. The van der Waals surface area contributed by atoms with Crippen LogP contribution in [0.1, 0.15) is 11.1 Å². The molecule has 1 atom stereocenters. The van der Waals surface area contributed by atoms with Crippen LogP contribution in [0.15, 0.2) is 40.2 Å². The average molecular weight is 430 g/mol. The Balaban J connectivity index is 1.95. The number of ether oxygens (including phenoxy) is 2. The number of hydrogen-bond donors (Lipinski definition) is 3. The van der Waals surface area contributed by atoms with Gasteiger partial charge in [0.2, 0.25) is 5.88 Å². The second-order valence-corrected chi connectivity index (χ2v) is 6.91. The largest absolute Gasteiger partial charge is 0.494 e. The van der Waals surface area contributed by atoms with Gasteiger partial charge in [-0.25, -0.2) is 4.79 Å². The van der Waals surface area contributed by atoms with Gasteiger partial charge in [-0.15, -0.1) is 0 Å². The number of aromatic amines is 2. The van der Waals surface area contributed by atoms with Gasteiger partial charge in [0.05, 0.1) is 20.3 Å². The van der Waals surface area contributed by atoms with E-state index in [0.717, 1.165) is 16.5 Å². The monoisotopic (exact) mass is 430 g/mol. The Morgan fingerprint density at radius 3 is 2.87 bits per heavy atom. The summed E-state index contributed by atoms with van der Waals surface area (Å²) in [5.41, 5.74) is 1.11. The Morgan fingerprint density at radius 1 is 1.37 bits per heavy atom. The maximum absolute atomic E-state index is 12.3. The highest BCUT2D eigenvalue weighted by atomic mass is 32.1. The van der Waals surface area contributed by atoms with Gasteiger partial charge in [-0.2, -0.15) is 0 Å². The van der Waals surface area contributed by atoms with Gasteiger partial charge in [0.15, 0.2) is 10.8 Å². The van der Waals surface area contributed by atoms with Crippen molar-refractivity contribution >= 4 is 35.3 Å². The van der Waals surface area contributed by atoms with Gasteiger partial charge in [0.25, 0.3) is 5.56 Å². The molecule has 0 saturated heterocycles. The minimum atomic E-state index is -0.899. The van der Waals surface area contributed by atoms with E-state index in [1.807, 2.05) is 30.5 Å². The van der Waals surface area contributed by atoms with Crippen LogP contribution in [0.4, 0.5) is 0 Å². The molecule has 0 radical (unpaired) electrons. The normalized spacial score (nSPS) is 12.5. The summed E-state index contributed by atoms with van der Waals surface area (Å²) in [6.45, 7) is 0.532. The number of benzene rings is 1. The number of aromatic hydroxyl groups is 1. The molecule has 2 heterocycles. The number of aliphatic imine (C=N–C) groups is 1. The van der Waals surface area contributed by atoms with E-state index in [1.54, 1.807) is 0 Å². The smallest absolute Gasteiger partial charge is 0.330 e. The number of H-pyrrole nitrogens is 2. The van der Waals surface area contributed by atoms with Crippen LogP contribution in [0.2, 0.25) is 0 Å². The molecule has 3 rings (SSSR count). The van der Waals surface area contributed by atoms with Crippen molar-refractivity contribution < 1.29 is 19.4 Å². The summed E-state index contributed by atoms with van der Waals surface area (Å²) in [4.78, 5) is 34.5. The molecule has 10 heteroatoms. The first-order valence-electron chi connectivity index (χ1n) is 9.17. The van der Waals surface area contributed by atoms with Crippen LogP contribution in [0.25, 0.3) is 10.9 Å². The van der Waals surface area contributed by atoms with E-state index in [9.17, 15) is 14.7 Å². The van der Waals surface area contributed by atoms with Crippen LogP contribution in [-0.2, 0) is 27.2 Å². The van der Waals surface area contributed by atoms with Crippen molar-refractivity contribution in [3.8, 4) is 5.88 Å². The standard InChI is InChI=1S/C20H22N4O5S/c1-28-8-7-24-18(26)14(17(25)23-20(24)30)11-22-16(19(27)29-2)9-12-10-21-15-6-4-3-5-13(12)15/h3-6,10-11,16,21,26H,7-9H2,1-2H3,(H,23,25,30). The van der Waals surface area contributed by atoms with Crippen molar-refractivity contribution in [2.75, 3.05) is 20.8 Å². The Morgan fingerprint density at radius 2 is 2.13 bits per heavy atom. The summed E-state index contributed by atoms with van der Waals surface area (Å²) in [5.74, 6) is -0.903. The van der Waals surface area contributed by atoms with E-state index in [0.29, 0.717) is 0 Å². The van der Waals surface area contributed by atoms with Crippen LogP contribution in [0.3, 0.4) is 0 Å². The third-order valence-corrected chi connectivity index (χ3v) is 4.99. The topological polar surface area (TPSA) is 122 Å². The highest BCUT2D eigenvalue weighted by Gasteiger charge is 2.21. The molecule has 1 unspecified atom stereocenters. The number of carbonyl (C=O) groups is 1. The number of para-hydroxylation sites is 1. The first-order valence-corrected chi connectivity index (χ1v) is 9.58. The molecule has 0 spiro atoms. The molecule has 9 nitrogen and oxygen atoms in total.